The van der Waals surface area contributed by atoms with Gasteiger partial charge >= 0.3 is 5.97 Å². The van der Waals surface area contributed by atoms with E-state index >= 15 is 0 Å². The molecule has 0 amide bonds. The first-order valence-electron chi connectivity index (χ1n) is 5.11. The minimum Gasteiger partial charge on any atom is -0.481 e. The summed E-state index contributed by atoms with van der Waals surface area (Å²) < 4.78 is 13.5. The number of halogens is 2. The lowest BCUT2D eigenvalue weighted by Gasteiger charge is -1.98. The molecule has 0 radical (unpaired) electrons. The molecule has 0 saturated heterocycles. The van der Waals surface area contributed by atoms with Crippen LogP contribution in [-0.4, -0.2) is 16.1 Å². The lowest BCUT2D eigenvalue weighted by Crippen LogP contribution is -1.99. The molecule has 0 atom stereocenters. The number of nitrogens with zero attached hydrogens (tertiary/aromatic N) is 1. The van der Waals surface area contributed by atoms with Crippen LogP contribution in [0.3, 0.4) is 0 Å². The summed E-state index contributed by atoms with van der Waals surface area (Å²) in [5, 5.41) is 9.47. The van der Waals surface area contributed by atoms with Crippen LogP contribution in [0.2, 0.25) is 0 Å². The third-order valence-electron chi connectivity index (χ3n) is 2.37. The van der Waals surface area contributed by atoms with Crippen molar-refractivity contribution in [2.45, 2.75) is 13.3 Å². The van der Waals surface area contributed by atoms with Gasteiger partial charge < -0.3 is 5.11 Å². The van der Waals surface area contributed by atoms with Gasteiger partial charge in [-0.2, -0.15) is 0 Å². The van der Waals surface area contributed by atoms with Crippen LogP contribution in [0.1, 0.15) is 10.6 Å². The van der Waals surface area contributed by atoms with Gasteiger partial charge in [0, 0.05) is 10.4 Å². The van der Waals surface area contributed by atoms with Crippen LogP contribution >= 0.6 is 27.3 Å². The molecule has 0 saturated carbocycles. The third kappa shape index (κ3) is 2.76. The van der Waals surface area contributed by atoms with E-state index < -0.39 is 5.97 Å². The van der Waals surface area contributed by atoms with E-state index in [9.17, 15) is 9.18 Å². The first kappa shape index (κ1) is 13.2. The maximum atomic E-state index is 13.1. The second kappa shape index (κ2) is 5.16. The number of aromatic nitrogens is 1. The topological polar surface area (TPSA) is 50.2 Å². The number of hydrogen-bond donors (Lipinski definition) is 1. The Morgan fingerprint density at radius 2 is 2.28 bits per heavy atom. The van der Waals surface area contributed by atoms with Crippen molar-refractivity contribution in [2.24, 2.45) is 0 Å². The fourth-order valence-corrected chi connectivity index (χ4v) is 2.91. The second-order valence-electron chi connectivity index (χ2n) is 3.73. The van der Waals surface area contributed by atoms with Crippen molar-refractivity contribution in [1.82, 2.24) is 4.98 Å². The first-order chi connectivity index (χ1) is 8.47. The third-order valence-corrected chi connectivity index (χ3v) is 4.19. The molecule has 0 unspecified atom stereocenters. The maximum Gasteiger partial charge on any atom is 0.308 e. The summed E-state index contributed by atoms with van der Waals surface area (Å²) in [4.78, 5) is 15.7. The molecular weight excluding hydrogens is 321 g/mol. The monoisotopic (exact) mass is 329 g/mol. The summed E-state index contributed by atoms with van der Waals surface area (Å²) >= 11 is 4.44. The molecule has 1 heterocycles. The summed E-state index contributed by atoms with van der Waals surface area (Å²) in [6.45, 7) is 1.77. The summed E-state index contributed by atoms with van der Waals surface area (Å²) in [7, 11) is 0. The fourth-order valence-electron chi connectivity index (χ4n) is 1.48. The normalized spacial score (nSPS) is 10.6. The Kier molecular flexibility index (Phi) is 3.77. The van der Waals surface area contributed by atoms with E-state index in [-0.39, 0.29) is 12.2 Å². The van der Waals surface area contributed by atoms with Gasteiger partial charge in [0.25, 0.3) is 0 Å². The Morgan fingerprint density at radius 3 is 2.89 bits per heavy atom. The van der Waals surface area contributed by atoms with Crippen molar-refractivity contribution in [3.05, 3.63) is 39.1 Å². The van der Waals surface area contributed by atoms with Crippen molar-refractivity contribution in [3.63, 3.8) is 0 Å². The minimum atomic E-state index is -0.881. The molecular formula is C12H9BrFNO2S. The van der Waals surface area contributed by atoms with E-state index in [1.807, 2.05) is 0 Å². The van der Waals surface area contributed by atoms with Crippen molar-refractivity contribution in [2.75, 3.05) is 0 Å². The molecule has 0 spiro atoms. The molecule has 6 heteroatoms. The number of thiazole rings is 1. The number of aliphatic carboxylic acids is 1. The summed E-state index contributed by atoms with van der Waals surface area (Å²) in [5.74, 6) is -1.22. The van der Waals surface area contributed by atoms with E-state index in [1.165, 1.54) is 17.4 Å². The highest BCUT2D eigenvalue weighted by Gasteiger charge is 2.13. The molecule has 1 aromatic heterocycles. The molecule has 1 N–H and O–H groups in total. The zero-order valence-electron chi connectivity index (χ0n) is 9.41. The predicted octanol–water partition coefficient (Wildman–Crippen LogP) is 3.65. The zero-order valence-corrected chi connectivity index (χ0v) is 11.8. The van der Waals surface area contributed by atoms with Crippen molar-refractivity contribution >= 4 is 33.2 Å². The lowest BCUT2D eigenvalue weighted by atomic mass is 10.2. The van der Waals surface area contributed by atoms with Crippen LogP contribution in [0, 0.1) is 12.7 Å². The molecule has 2 rings (SSSR count). The average molecular weight is 330 g/mol. The van der Waals surface area contributed by atoms with E-state index in [1.54, 1.807) is 19.1 Å². The molecule has 3 nitrogen and oxygen atoms in total. The van der Waals surface area contributed by atoms with Crippen LogP contribution < -0.4 is 0 Å². The summed E-state index contributed by atoms with van der Waals surface area (Å²) in [6.07, 6.45) is -0.0358. The number of carboxylic acids is 1. The fraction of sp³-hybridized carbons (Fsp3) is 0.167. The standard InChI is InChI=1S/C12H9BrFNO2S/c1-6-10(5-11(16)17)18-12(15-6)7-2-3-9(14)8(13)4-7/h2-4H,5H2,1H3,(H,16,17). The summed E-state index contributed by atoms with van der Waals surface area (Å²) in [5.41, 5.74) is 1.48. The molecule has 0 aliphatic rings. The van der Waals surface area contributed by atoms with Gasteiger partial charge in [-0.05, 0) is 41.1 Å². The maximum absolute atomic E-state index is 13.1. The minimum absolute atomic E-state index is 0.0358. The Morgan fingerprint density at radius 1 is 1.56 bits per heavy atom. The number of carbonyl (C=O) groups is 1. The SMILES string of the molecule is Cc1nc(-c2ccc(F)c(Br)c2)sc1CC(=O)O. The van der Waals surface area contributed by atoms with Gasteiger partial charge in [0.15, 0.2) is 0 Å². The van der Waals surface area contributed by atoms with E-state index in [0.717, 1.165) is 10.4 Å². The first-order valence-corrected chi connectivity index (χ1v) is 6.72. The van der Waals surface area contributed by atoms with Gasteiger partial charge in [-0.1, -0.05) is 0 Å². The largest absolute Gasteiger partial charge is 0.481 e. The van der Waals surface area contributed by atoms with Gasteiger partial charge in [-0.3, -0.25) is 4.79 Å². The number of carboxylic acid groups (broad SMARTS) is 1. The number of aryl methyl sites for hydroxylation is 1. The van der Waals surface area contributed by atoms with Crippen molar-refractivity contribution in [1.29, 1.82) is 0 Å². The van der Waals surface area contributed by atoms with E-state index in [2.05, 4.69) is 20.9 Å². The molecule has 0 fully saturated rings. The molecule has 0 aliphatic heterocycles. The lowest BCUT2D eigenvalue weighted by molar-refractivity contribution is -0.136. The molecule has 94 valence electrons. The quantitative estimate of drug-likeness (QED) is 0.935. The Hall–Kier alpha value is -1.27. The predicted molar refractivity (Wildman–Crippen MR) is 71.3 cm³/mol. The Bertz CT molecular complexity index is 612. The van der Waals surface area contributed by atoms with Crippen molar-refractivity contribution < 1.29 is 14.3 Å². The second-order valence-corrected chi connectivity index (χ2v) is 5.66. The van der Waals surface area contributed by atoms with Crippen molar-refractivity contribution in [3.8, 4) is 10.6 Å². The highest BCUT2D eigenvalue weighted by Crippen LogP contribution is 2.30. The Balaban J connectivity index is 2.39. The van der Waals surface area contributed by atoms with Gasteiger partial charge in [0.2, 0.25) is 0 Å². The molecule has 18 heavy (non-hydrogen) atoms. The molecule has 1 aromatic carbocycles. The highest BCUT2D eigenvalue weighted by atomic mass is 79.9. The van der Waals surface area contributed by atoms with E-state index in [0.29, 0.717) is 15.2 Å². The van der Waals surface area contributed by atoms with Gasteiger partial charge in [-0.15, -0.1) is 11.3 Å². The summed E-state index contributed by atoms with van der Waals surface area (Å²) in [6, 6.07) is 4.62. The van der Waals surface area contributed by atoms with Crippen LogP contribution in [-0.2, 0) is 11.2 Å². The molecule has 0 bridgehead atoms. The number of hydrogen-bond acceptors (Lipinski definition) is 3. The van der Waals surface area contributed by atoms with Gasteiger partial charge in [-0.25, -0.2) is 9.37 Å². The van der Waals surface area contributed by atoms with Crippen LogP contribution in [0.5, 0.6) is 0 Å². The van der Waals surface area contributed by atoms with Crippen LogP contribution in [0.4, 0.5) is 4.39 Å². The zero-order chi connectivity index (χ0) is 13.3. The molecule has 2 aromatic rings. The van der Waals surface area contributed by atoms with Gasteiger partial charge in [0.1, 0.15) is 10.8 Å². The number of benzene rings is 1. The molecule has 0 aliphatic carbocycles. The average Bonchev–Trinajstić information content (AvgIpc) is 2.63. The van der Waals surface area contributed by atoms with Gasteiger partial charge in [0.05, 0.1) is 16.6 Å². The number of rotatable bonds is 3. The smallest absolute Gasteiger partial charge is 0.308 e. The van der Waals surface area contributed by atoms with Crippen LogP contribution in [0.25, 0.3) is 10.6 Å². The highest BCUT2D eigenvalue weighted by molar-refractivity contribution is 9.10. The van der Waals surface area contributed by atoms with E-state index in [4.69, 9.17) is 5.11 Å². The Labute approximate surface area is 115 Å². The van der Waals surface area contributed by atoms with Crippen LogP contribution in [0.15, 0.2) is 22.7 Å².